The van der Waals surface area contributed by atoms with Crippen LogP contribution in [0.25, 0.3) is 0 Å². The minimum Gasteiger partial charge on any atom is -1.00 e. The number of likely N-dealkylation sites (N-methyl/N-ethyl adjacent to an activating group) is 1. The summed E-state index contributed by atoms with van der Waals surface area (Å²) in [5.41, 5.74) is 3.78. The molecule has 142 valence electrons. The maximum Gasteiger partial charge on any atom is 0.166 e. The second-order valence-corrected chi connectivity index (χ2v) is 8.11. The smallest absolute Gasteiger partial charge is 0.166 e. The fourth-order valence-electron chi connectivity index (χ4n) is 4.96. The highest BCUT2D eigenvalue weighted by molar-refractivity contribution is 5.63. The molecular weight excluding hydrogens is 394 g/mol. The Morgan fingerprint density at radius 1 is 1.50 bits per heavy atom. The van der Waals surface area contributed by atoms with Crippen molar-refractivity contribution in [3.05, 3.63) is 47.6 Å². The maximum atomic E-state index is 10.2. The lowest BCUT2D eigenvalue weighted by atomic mass is 9.68. The number of aliphatic hydroxyl groups excluding tert-OH is 1. The summed E-state index contributed by atoms with van der Waals surface area (Å²) in [4.78, 5) is 0. The lowest BCUT2D eigenvalue weighted by Gasteiger charge is -2.37. The van der Waals surface area contributed by atoms with Crippen LogP contribution >= 0.6 is 0 Å². The molecule has 2 heterocycles. The molecule has 26 heavy (non-hydrogen) atoms. The molecule has 5 heteroatoms. The molecule has 4 nitrogen and oxygen atoms in total. The zero-order valence-electron chi connectivity index (χ0n) is 15.8. The van der Waals surface area contributed by atoms with Crippen LogP contribution < -0.4 is 26.5 Å². The zero-order chi connectivity index (χ0) is 17.8. The summed E-state index contributed by atoms with van der Waals surface area (Å²) in [7, 11) is 4.02. The molecular formula is C21H28BrNO3. The molecule has 4 atom stereocenters. The first-order chi connectivity index (χ1) is 11.9. The summed E-state index contributed by atoms with van der Waals surface area (Å²) in [6.07, 6.45) is 7.39. The monoisotopic (exact) mass is 421 g/mol. The van der Waals surface area contributed by atoms with E-state index in [-0.39, 0.29) is 28.5 Å². The molecule has 0 saturated heterocycles. The quantitative estimate of drug-likeness (QED) is 0.545. The van der Waals surface area contributed by atoms with Crippen LogP contribution in [-0.4, -0.2) is 49.0 Å². The number of aliphatic hydroxyl groups is 1. The van der Waals surface area contributed by atoms with E-state index in [1.54, 1.807) is 7.11 Å². The van der Waals surface area contributed by atoms with E-state index in [2.05, 4.69) is 32.7 Å². The highest BCUT2D eigenvalue weighted by atomic mass is 79.9. The largest absolute Gasteiger partial charge is 1.00 e. The molecule has 3 aliphatic rings. The van der Waals surface area contributed by atoms with E-state index >= 15 is 0 Å². The van der Waals surface area contributed by atoms with Crippen molar-refractivity contribution in [3.8, 4) is 11.5 Å². The minimum absolute atomic E-state index is 0. The highest BCUT2D eigenvalue weighted by Gasteiger charge is 2.55. The van der Waals surface area contributed by atoms with Crippen molar-refractivity contribution in [2.75, 3.05) is 27.2 Å². The first kappa shape index (κ1) is 19.5. The minimum atomic E-state index is -0.433. The number of nitrogens with zero attached hydrogens (tertiary/aromatic N) is 1. The number of hydrogen-bond donors (Lipinski definition) is 1. The van der Waals surface area contributed by atoms with E-state index in [0.29, 0.717) is 6.42 Å². The van der Waals surface area contributed by atoms with Crippen LogP contribution in [-0.2, 0) is 12.0 Å². The van der Waals surface area contributed by atoms with Gasteiger partial charge in [0.05, 0.1) is 38.8 Å². The molecule has 0 saturated carbocycles. The van der Waals surface area contributed by atoms with Crippen LogP contribution in [0.4, 0.5) is 0 Å². The summed E-state index contributed by atoms with van der Waals surface area (Å²) in [6, 6.07) is 2.10. The van der Waals surface area contributed by atoms with Crippen molar-refractivity contribution in [1.82, 2.24) is 0 Å². The molecule has 1 spiro atoms. The Labute approximate surface area is 166 Å². The number of benzene rings is 1. The predicted octanol–water partition coefficient (Wildman–Crippen LogP) is -0.136. The van der Waals surface area contributed by atoms with Crippen LogP contribution in [0.2, 0.25) is 0 Å². The number of rotatable bonds is 3. The zero-order valence-corrected chi connectivity index (χ0v) is 17.4. The van der Waals surface area contributed by atoms with Gasteiger partial charge in [0.2, 0.25) is 0 Å². The first-order valence-electron chi connectivity index (χ1n) is 9.12. The topological polar surface area (TPSA) is 38.7 Å². The van der Waals surface area contributed by atoms with Crippen molar-refractivity contribution in [1.29, 1.82) is 0 Å². The Morgan fingerprint density at radius 3 is 2.96 bits per heavy atom. The van der Waals surface area contributed by atoms with Crippen LogP contribution in [0.5, 0.6) is 11.5 Å². The Bertz CT molecular complexity index is 762. The van der Waals surface area contributed by atoms with Gasteiger partial charge >= 0.3 is 0 Å². The predicted molar refractivity (Wildman–Crippen MR) is 98.0 cm³/mol. The van der Waals surface area contributed by atoms with Gasteiger partial charge in [-0.2, -0.15) is 0 Å². The van der Waals surface area contributed by atoms with Gasteiger partial charge in [-0.15, -0.1) is 0 Å². The molecule has 2 aliphatic heterocycles. The van der Waals surface area contributed by atoms with Crippen LogP contribution in [0, 0.1) is 6.92 Å². The van der Waals surface area contributed by atoms with E-state index in [4.69, 9.17) is 9.47 Å². The summed E-state index contributed by atoms with van der Waals surface area (Å²) >= 11 is 0. The standard InChI is InChI=1S/C21H28NO3.BrH/c1-5-9-22(3)10-8-21-7-6-15(23)12-18(21)25-20-17(24-4)11-14(2)16(13-22)19(20)21;/h5-7,11,15,18,23H,1,8-10,12-13H2,2-4H3;1H/q+1;/p-1/t15-,18?,21?,22?;/m1./s1. The number of halogens is 1. The lowest BCUT2D eigenvalue weighted by Crippen LogP contribution is -3.00. The van der Waals surface area contributed by atoms with E-state index in [1.807, 2.05) is 12.2 Å². The second kappa shape index (κ2) is 6.70. The molecule has 0 radical (unpaired) electrons. The SMILES string of the molecule is C=CC[N+]1(C)CCC23C=C[C@@H](O)CC2Oc2c(OC)cc(C)c(c23)C1.[Br-]. The Hall–Kier alpha value is -1.30. The van der Waals surface area contributed by atoms with Crippen molar-refractivity contribution < 1.29 is 36.0 Å². The van der Waals surface area contributed by atoms with Gasteiger partial charge in [0.1, 0.15) is 12.6 Å². The molecule has 0 amide bonds. The lowest BCUT2D eigenvalue weighted by molar-refractivity contribution is -0.917. The molecule has 4 rings (SSSR count). The normalized spacial score (nSPS) is 34.0. The third-order valence-corrected chi connectivity index (χ3v) is 6.34. The van der Waals surface area contributed by atoms with Crippen molar-refractivity contribution >= 4 is 0 Å². The van der Waals surface area contributed by atoms with Gasteiger partial charge in [-0.1, -0.05) is 18.7 Å². The van der Waals surface area contributed by atoms with Crippen LogP contribution in [0.15, 0.2) is 30.9 Å². The van der Waals surface area contributed by atoms with E-state index in [1.165, 1.54) is 16.7 Å². The number of aryl methyl sites for hydroxylation is 1. The summed E-state index contributed by atoms with van der Waals surface area (Å²) in [6.45, 7) is 9.12. The Kier molecular flexibility index (Phi) is 5.01. The van der Waals surface area contributed by atoms with Gasteiger partial charge in [-0.3, -0.25) is 0 Å². The van der Waals surface area contributed by atoms with Gasteiger partial charge in [0.25, 0.3) is 0 Å². The summed E-state index contributed by atoms with van der Waals surface area (Å²) < 4.78 is 13.0. The van der Waals surface area contributed by atoms with Gasteiger partial charge in [0, 0.05) is 24.0 Å². The molecule has 1 aliphatic carbocycles. The molecule has 1 N–H and O–H groups in total. The molecule has 1 aromatic carbocycles. The van der Waals surface area contributed by atoms with Gasteiger partial charge < -0.3 is 36.0 Å². The van der Waals surface area contributed by atoms with E-state index < -0.39 is 6.10 Å². The number of methoxy groups -OCH3 is 1. The van der Waals surface area contributed by atoms with E-state index in [9.17, 15) is 5.11 Å². The average Bonchev–Trinajstić information content (AvgIpc) is 2.83. The van der Waals surface area contributed by atoms with Crippen LogP contribution in [0.1, 0.15) is 29.5 Å². The molecule has 0 aromatic heterocycles. The second-order valence-electron chi connectivity index (χ2n) is 8.11. The van der Waals surface area contributed by atoms with Gasteiger partial charge in [-0.25, -0.2) is 0 Å². The molecule has 0 fully saturated rings. The fraction of sp³-hybridized carbons (Fsp3) is 0.524. The van der Waals surface area contributed by atoms with Gasteiger partial charge in [-0.05, 0) is 24.6 Å². The average molecular weight is 422 g/mol. The molecule has 0 bridgehead atoms. The van der Waals surface area contributed by atoms with Crippen LogP contribution in [0.3, 0.4) is 0 Å². The highest BCUT2D eigenvalue weighted by Crippen LogP contribution is 2.57. The fourth-order valence-corrected chi connectivity index (χ4v) is 4.96. The third-order valence-electron chi connectivity index (χ3n) is 6.34. The van der Waals surface area contributed by atoms with E-state index in [0.717, 1.165) is 42.0 Å². The molecule has 3 unspecified atom stereocenters. The maximum absolute atomic E-state index is 10.2. The Balaban J connectivity index is 0.00000196. The number of hydrogen-bond acceptors (Lipinski definition) is 3. The Morgan fingerprint density at radius 2 is 2.27 bits per heavy atom. The third kappa shape index (κ3) is 2.72. The molecule has 1 aromatic rings. The summed E-state index contributed by atoms with van der Waals surface area (Å²) in [5, 5.41) is 10.2. The first-order valence-corrected chi connectivity index (χ1v) is 9.12. The van der Waals surface area contributed by atoms with Crippen molar-refractivity contribution in [2.45, 2.75) is 43.9 Å². The number of ether oxygens (including phenoxy) is 2. The summed E-state index contributed by atoms with van der Waals surface area (Å²) in [5.74, 6) is 1.70. The number of quaternary nitrogens is 1. The van der Waals surface area contributed by atoms with Crippen molar-refractivity contribution in [3.63, 3.8) is 0 Å². The van der Waals surface area contributed by atoms with Crippen molar-refractivity contribution in [2.24, 2.45) is 0 Å². The van der Waals surface area contributed by atoms with Gasteiger partial charge in [0.15, 0.2) is 11.5 Å².